The number of amides is 1. The number of rotatable bonds is 2. The van der Waals surface area contributed by atoms with Crippen molar-refractivity contribution in [1.82, 2.24) is 14.5 Å². The van der Waals surface area contributed by atoms with Gasteiger partial charge in [-0.05, 0) is 18.1 Å². The van der Waals surface area contributed by atoms with Gasteiger partial charge in [-0.3, -0.25) is 9.78 Å². The number of hydrogen-bond donors (Lipinski definition) is 0. The van der Waals surface area contributed by atoms with Crippen LogP contribution in [0.1, 0.15) is 16.3 Å². The Morgan fingerprint density at radius 1 is 1.50 bits per heavy atom. The lowest BCUT2D eigenvalue weighted by molar-refractivity contribution is 0.0985. The zero-order valence-corrected chi connectivity index (χ0v) is 10.2. The Balaban J connectivity index is 2.32. The fourth-order valence-corrected chi connectivity index (χ4v) is 1.58. The number of carbonyl (C=O) groups excluding carboxylic acids is 1. The second kappa shape index (κ2) is 4.72. The van der Waals surface area contributed by atoms with Crippen molar-refractivity contribution in [3.8, 4) is 12.3 Å². The molecule has 2 heterocycles. The first-order valence-corrected chi connectivity index (χ1v) is 5.31. The van der Waals surface area contributed by atoms with Crippen LogP contribution in [-0.2, 0) is 7.05 Å². The molecule has 0 aliphatic rings. The summed E-state index contributed by atoms with van der Waals surface area (Å²) in [5.74, 6) is 2.67. The van der Waals surface area contributed by atoms with Crippen LogP contribution in [-0.4, -0.2) is 27.5 Å². The summed E-state index contributed by atoms with van der Waals surface area (Å²) in [6, 6.07) is 3.58. The highest BCUT2D eigenvalue weighted by atomic mass is 16.2. The van der Waals surface area contributed by atoms with E-state index in [9.17, 15) is 4.79 Å². The topological polar surface area (TPSA) is 51.0 Å². The van der Waals surface area contributed by atoms with E-state index in [1.807, 2.05) is 6.07 Å². The molecular formula is C13H12N4O. The standard InChI is InChI=1S/C13H12N4O/c1-4-12-15-9-11(17(12)3)13(18)16(2)10-6-5-7-14-8-10/h1,5-9H,2-3H3. The van der Waals surface area contributed by atoms with Gasteiger partial charge in [0.15, 0.2) is 5.82 Å². The molecule has 0 aliphatic heterocycles. The predicted molar refractivity (Wildman–Crippen MR) is 68.1 cm³/mol. The summed E-state index contributed by atoms with van der Waals surface area (Å²) in [7, 11) is 3.40. The molecule has 0 N–H and O–H groups in total. The molecule has 5 nitrogen and oxygen atoms in total. The van der Waals surface area contributed by atoms with Gasteiger partial charge >= 0.3 is 0 Å². The van der Waals surface area contributed by atoms with Gasteiger partial charge in [0.25, 0.3) is 5.91 Å². The Kier molecular flexibility index (Phi) is 3.11. The summed E-state index contributed by atoms with van der Waals surface area (Å²) in [5, 5.41) is 0. The maximum atomic E-state index is 12.3. The normalized spacial score (nSPS) is 9.83. The maximum Gasteiger partial charge on any atom is 0.276 e. The third-order valence-corrected chi connectivity index (χ3v) is 2.67. The average molecular weight is 240 g/mol. The summed E-state index contributed by atoms with van der Waals surface area (Å²) in [4.78, 5) is 21.7. The Bertz CT molecular complexity index is 610. The summed E-state index contributed by atoms with van der Waals surface area (Å²) in [6.07, 6.45) is 10.0. The molecule has 2 rings (SSSR count). The van der Waals surface area contributed by atoms with Gasteiger partial charge in [0.05, 0.1) is 18.1 Å². The number of anilines is 1. The highest BCUT2D eigenvalue weighted by Gasteiger charge is 2.18. The van der Waals surface area contributed by atoms with E-state index in [-0.39, 0.29) is 5.91 Å². The lowest BCUT2D eigenvalue weighted by Crippen LogP contribution is -2.28. The van der Waals surface area contributed by atoms with Crippen molar-refractivity contribution in [2.45, 2.75) is 0 Å². The number of carbonyl (C=O) groups is 1. The van der Waals surface area contributed by atoms with Crippen LogP contribution >= 0.6 is 0 Å². The van der Waals surface area contributed by atoms with Crippen molar-refractivity contribution in [3.63, 3.8) is 0 Å². The molecule has 0 unspecified atom stereocenters. The molecule has 0 spiro atoms. The van der Waals surface area contributed by atoms with Gasteiger partial charge in [-0.25, -0.2) is 4.98 Å². The van der Waals surface area contributed by atoms with Crippen molar-refractivity contribution in [1.29, 1.82) is 0 Å². The first-order chi connectivity index (χ1) is 8.65. The van der Waals surface area contributed by atoms with Crippen LogP contribution in [0.25, 0.3) is 0 Å². The van der Waals surface area contributed by atoms with Crippen molar-refractivity contribution < 1.29 is 4.79 Å². The first-order valence-electron chi connectivity index (χ1n) is 5.31. The maximum absolute atomic E-state index is 12.3. The zero-order valence-electron chi connectivity index (χ0n) is 10.2. The first kappa shape index (κ1) is 11.9. The minimum absolute atomic E-state index is 0.181. The summed E-state index contributed by atoms with van der Waals surface area (Å²) >= 11 is 0. The Hall–Kier alpha value is -2.61. The third kappa shape index (κ3) is 1.96. The van der Waals surface area contributed by atoms with Crippen LogP contribution < -0.4 is 4.90 Å². The van der Waals surface area contributed by atoms with E-state index >= 15 is 0 Å². The number of terminal acetylenes is 1. The molecule has 90 valence electrons. The van der Waals surface area contributed by atoms with E-state index in [4.69, 9.17) is 6.42 Å². The quantitative estimate of drug-likeness (QED) is 0.738. The Morgan fingerprint density at radius 2 is 2.28 bits per heavy atom. The molecule has 2 aromatic heterocycles. The SMILES string of the molecule is C#Cc1ncc(C(=O)N(C)c2cccnc2)n1C. The highest BCUT2D eigenvalue weighted by molar-refractivity contribution is 6.04. The fourth-order valence-electron chi connectivity index (χ4n) is 1.58. The molecule has 0 bridgehead atoms. The molecule has 2 aromatic rings. The van der Waals surface area contributed by atoms with E-state index in [0.717, 1.165) is 0 Å². The fraction of sp³-hybridized carbons (Fsp3) is 0.154. The number of pyridine rings is 1. The molecule has 0 aromatic carbocycles. The number of imidazole rings is 1. The molecule has 5 heteroatoms. The molecule has 0 radical (unpaired) electrons. The van der Waals surface area contributed by atoms with Gasteiger partial charge < -0.3 is 9.47 Å². The van der Waals surface area contributed by atoms with Gasteiger partial charge in [0.1, 0.15) is 5.69 Å². The smallest absolute Gasteiger partial charge is 0.276 e. The zero-order chi connectivity index (χ0) is 13.1. The summed E-state index contributed by atoms with van der Waals surface area (Å²) in [5.41, 5.74) is 1.15. The van der Waals surface area contributed by atoms with Crippen molar-refractivity contribution in [3.05, 3.63) is 42.2 Å². The van der Waals surface area contributed by atoms with Gasteiger partial charge in [-0.15, -0.1) is 6.42 Å². The van der Waals surface area contributed by atoms with Crippen LogP contribution in [0.3, 0.4) is 0 Å². The predicted octanol–water partition coefficient (Wildman–Crippen LogP) is 1.07. The molecule has 0 aliphatic carbocycles. The van der Waals surface area contributed by atoms with Gasteiger partial charge in [-0.1, -0.05) is 0 Å². The number of hydrogen-bond acceptors (Lipinski definition) is 3. The van der Waals surface area contributed by atoms with E-state index in [1.54, 1.807) is 37.1 Å². The van der Waals surface area contributed by atoms with Crippen LogP contribution in [0.2, 0.25) is 0 Å². The Labute approximate surface area is 105 Å². The molecule has 18 heavy (non-hydrogen) atoms. The van der Waals surface area contributed by atoms with Crippen LogP contribution in [0.15, 0.2) is 30.7 Å². The Morgan fingerprint density at radius 3 is 2.83 bits per heavy atom. The lowest BCUT2D eigenvalue weighted by Gasteiger charge is -2.16. The summed E-state index contributed by atoms with van der Waals surface area (Å²) < 4.78 is 1.59. The second-order valence-electron chi connectivity index (χ2n) is 3.75. The van der Waals surface area contributed by atoms with Crippen LogP contribution in [0.5, 0.6) is 0 Å². The largest absolute Gasteiger partial charge is 0.316 e. The van der Waals surface area contributed by atoms with Crippen LogP contribution in [0, 0.1) is 12.3 Å². The van der Waals surface area contributed by atoms with E-state index in [2.05, 4.69) is 15.9 Å². The van der Waals surface area contributed by atoms with E-state index in [0.29, 0.717) is 17.2 Å². The van der Waals surface area contributed by atoms with Crippen molar-refractivity contribution >= 4 is 11.6 Å². The molecule has 0 saturated heterocycles. The second-order valence-corrected chi connectivity index (χ2v) is 3.75. The summed E-state index contributed by atoms with van der Waals surface area (Å²) in [6.45, 7) is 0. The monoisotopic (exact) mass is 240 g/mol. The number of nitrogens with zero attached hydrogens (tertiary/aromatic N) is 4. The van der Waals surface area contributed by atoms with Crippen molar-refractivity contribution in [2.75, 3.05) is 11.9 Å². The molecule has 0 saturated carbocycles. The lowest BCUT2D eigenvalue weighted by atomic mass is 10.3. The minimum Gasteiger partial charge on any atom is -0.316 e. The van der Waals surface area contributed by atoms with E-state index < -0.39 is 0 Å². The van der Waals surface area contributed by atoms with Crippen LogP contribution in [0.4, 0.5) is 5.69 Å². The average Bonchev–Trinajstić information content (AvgIpc) is 2.79. The minimum atomic E-state index is -0.181. The number of aromatic nitrogens is 3. The highest BCUT2D eigenvalue weighted by Crippen LogP contribution is 2.13. The molecule has 1 amide bonds. The van der Waals surface area contributed by atoms with Gasteiger partial charge in [0, 0.05) is 20.3 Å². The van der Waals surface area contributed by atoms with E-state index in [1.165, 1.54) is 11.1 Å². The van der Waals surface area contributed by atoms with Gasteiger partial charge in [0.2, 0.25) is 0 Å². The molecule has 0 atom stereocenters. The van der Waals surface area contributed by atoms with Gasteiger partial charge in [-0.2, -0.15) is 0 Å². The molecule has 0 fully saturated rings. The molecular weight excluding hydrogens is 228 g/mol. The van der Waals surface area contributed by atoms with Crippen molar-refractivity contribution in [2.24, 2.45) is 7.05 Å². The third-order valence-electron chi connectivity index (χ3n) is 2.67.